The average Bonchev–Trinajstić information content (AvgIpc) is 2.32. The summed E-state index contributed by atoms with van der Waals surface area (Å²) in [5.41, 5.74) is 6.40. The molecule has 2 rings (SSSR count). The lowest BCUT2D eigenvalue weighted by Crippen LogP contribution is -2.03. The molecule has 0 atom stereocenters. The van der Waals surface area contributed by atoms with Gasteiger partial charge in [-0.05, 0) is 24.3 Å². The first kappa shape index (κ1) is 12.7. The summed E-state index contributed by atoms with van der Waals surface area (Å²) in [7, 11) is 0. The molecule has 1 heterocycles. The number of halogens is 2. The third kappa shape index (κ3) is 2.39. The van der Waals surface area contributed by atoms with Crippen molar-refractivity contribution >= 4 is 35.0 Å². The Hall–Kier alpha value is -1.78. The van der Waals surface area contributed by atoms with Gasteiger partial charge in [-0.3, -0.25) is 0 Å². The molecule has 0 saturated heterocycles. The molecule has 1 aromatic carbocycles. The van der Waals surface area contributed by atoms with Crippen LogP contribution in [0.1, 0.15) is 10.4 Å². The van der Waals surface area contributed by atoms with Gasteiger partial charge < -0.3 is 10.8 Å². The van der Waals surface area contributed by atoms with Crippen molar-refractivity contribution in [3.05, 3.63) is 46.1 Å². The predicted octanol–water partition coefficient (Wildman–Crippen LogP) is 3.34. The van der Waals surface area contributed by atoms with Crippen molar-refractivity contribution in [3.63, 3.8) is 0 Å². The molecule has 92 valence electrons. The van der Waals surface area contributed by atoms with Crippen molar-refractivity contribution in [2.75, 3.05) is 5.73 Å². The topological polar surface area (TPSA) is 76.2 Å². The molecule has 3 N–H and O–H groups in total. The van der Waals surface area contributed by atoms with Gasteiger partial charge in [0.1, 0.15) is 5.82 Å². The van der Waals surface area contributed by atoms with Gasteiger partial charge in [-0.15, -0.1) is 0 Å². The predicted molar refractivity (Wildman–Crippen MR) is 71.1 cm³/mol. The average molecular weight is 283 g/mol. The highest BCUT2D eigenvalue weighted by Gasteiger charge is 2.15. The van der Waals surface area contributed by atoms with Gasteiger partial charge in [0.25, 0.3) is 0 Å². The Balaban J connectivity index is 2.70. The van der Waals surface area contributed by atoms with E-state index in [9.17, 15) is 4.79 Å². The number of pyridine rings is 1. The van der Waals surface area contributed by atoms with Gasteiger partial charge in [0.05, 0.1) is 5.56 Å². The van der Waals surface area contributed by atoms with Crippen LogP contribution in [0.4, 0.5) is 5.82 Å². The van der Waals surface area contributed by atoms with Crippen molar-refractivity contribution in [2.45, 2.75) is 0 Å². The zero-order chi connectivity index (χ0) is 13.3. The van der Waals surface area contributed by atoms with E-state index in [0.29, 0.717) is 21.2 Å². The number of carboxylic acids is 1. The van der Waals surface area contributed by atoms with Crippen molar-refractivity contribution in [1.29, 1.82) is 0 Å². The maximum Gasteiger partial charge on any atom is 0.336 e. The number of benzene rings is 1. The lowest BCUT2D eigenvalue weighted by Gasteiger charge is -2.09. The normalized spacial score (nSPS) is 10.3. The minimum atomic E-state index is -1.10. The van der Waals surface area contributed by atoms with Gasteiger partial charge in [-0.25, -0.2) is 9.78 Å². The zero-order valence-electron chi connectivity index (χ0n) is 9.02. The number of nitrogens with zero attached hydrogens (tertiary/aromatic N) is 1. The first-order chi connectivity index (χ1) is 8.49. The minimum Gasteiger partial charge on any atom is -0.478 e. The fraction of sp³-hybridized carbons (Fsp3) is 0. The second-order valence-electron chi connectivity index (χ2n) is 3.58. The molecule has 1 aromatic heterocycles. The molecular weight excluding hydrogens is 275 g/mol. The van der Waals surface area contributed by atoms with Crippen molar-refractivity contribution in [1.82, 2.24) is 4.98 Å². The Labute approximate surface area is 113 Å². The Kier molecular flexibility index (Phi) is 3.41. The maximum atomic E-state index is 11.2. The smallest absolute Gasteiger partial charge is 0.336 e. The van der Waals surface area contributed by atoms with E-state index in [1.807, 2.05) is 0 Å². The van der Waals surface area contributed by atoms with Crippen LogP contribution in [0.25, 0.3) is 11.1 Å². The number of carboxylic acid groups (broad SMARTS) is 1. The lowest BCUT2D eigenvalue weighted by atomic mass is 10.0. The highest BCUT2D eigenvalue weighted by molar-refractivity contribution is 6.35. The zero-order valence-corrected chi connectivity index (χ0v) is 10.5. The molecule has 0 radical (unpaired) electrons. The monoisotopic (exact) mass is 282 g/mol. The Morgan fingerprint density at radius 1 is 1.22 bits per heavy atom. The van der Waals surface area contributed by atoms with Crippen molar-refractivity contribution in [2.24, 2.45) is 0 Å². The van der Waals surface area contributed by atoms with E-state index in [1.165, 1.54) is 12.3 Å². The van der Waals surface area contributed by atoms with Gasteiger partial charge in [0.15, 0.2) is 0 Å². The minimum absolute atomic E-state index is 0.0340. The molecule has 0 spiro atoms. The second kappa shape index (κ2) is 4.84. The van der Waals surface area contributed by atoms with E-state index in [1.54, 1.807) is 18.2 Å². The summed E-state index contributed by atoms with van der Waals surface area (Å²) < 4.78 is 0. The molecule has 2 aromatic rings. The SMILES string of the molecule is Nc1cc(C(=O)O)c(-c2cc(Cl)ccc2Cl)cn1. The van der Waals surface area contributed by atoms with Crippen LogP contribution in [0.15, 0.2) is 30.5 Å². The molecule has 6 heteroatoms. The van der Waals surface area contributed by atoms with Crippen molar-refractivity contribution in [3.8, 4) is 11.1 Å². The molecule has 18 heavy (non-hydrogen) atoms. The lowest BCUT2D eigenvalue weighted by molar-refractivity contribution is 0.0697. The number of aromatic carboxylic acids is 1. The largest absolute Gasteiger partial charge is 0.478 e. The Bertz CT molecular complexity index is 629. The van der Waals surface area contributed by atoms with Crippen LogP contribution in [-0.2, 0) is 0 Å². The second-order valence-corrected chi connectivity index (χ2v) is 4.43. The van der Waals surface area contributed by atoms with Crippen LogP contribution < -0.4 is 5.73 Å². The first-order valence-corrected chi connectivity index (χ1v) is 5.69. The summed E-state index contributed by atoms with van der Waals surface area (Å²) in [6.45, 7) is 0. The van der Waals surface area contributed by atoms with Gasteiger partial charge >= 0.3 is 5.97 Å². The third-order valence-corrected chi connectivity index (χ3v) is 2.94. The number of nitrogen functional groups attached to an aromatic ring is 1. The summed E-state index contributed by atoms with van der Waals surface area (Å²) in [5.74, 6) is -0.968. The van der Waals surface area contributed by atoms with E-state index in [4.69, 9.17) is 34.0 Å². The van der Waals surface area contributed by atoms with Crippen LogP contribution in [0.3, 0.4) is 0 Å². The summed E-state index contributed by atoms with van der Waals surface area (Å²) in [6, 6.07) is 6.10. The number of aromatic nitrogens is 1. The van der Waals surface area contributed by atoms with E-state index in [-0.39, 0.29) is 11.4 Å². The Morgan fingerprint density at radius 2 is 1.94 bits per heavy atom. The van der Waals surface area contributed by atoms with Crippen LogP contribution >= 0.6 is 23.2 Å². The number of rotatable bonds is 2. The van der Waals surface area contributed by atoms with Crippen LogP contribution in [-0.4, -0.2) is 16.1 Å². The summed E-state index contributed by atoms with van der Waals surface area (Å²) in [5, 5.41) is 10.0. The number of anilines is 1. The summed E-state index contributed by atoms with van der Waals surface area (Å²) >= 11 is 11.9. The number of hydrogen-bond donors (Lipinski definition) is 2. The molecule has 0 aliphatic carbocycles. The highest BCUT2D eigenvalue weighted by Crippen LogP contribution is 2.32. The van der Waals surface area contributed by atoms with Gasteiger partial charge in [-0.1, -0.05) is 23.2 Å². The highest BCUT2D eigenvalue weighted by atomic mass is 35.5. The maximum absolute atomic E-state index is 11.2. The van der Waals surface area contributed by atoms with E-state index in [2.05, 4.69) is 4.98 Å². The van der Waals surface area contributed by atoms with Crippen LogP contribution in [0.2, 0.25) is 10.0 Å². The molecule has 0 aliphatic heterocycles. The van der Waals surface area contributed by atoms with Gasteiger partial charge in [0, 0.05) is 27.4 Å². The number of carbonyl (C=O) groups is 1. The van der Waals surface area contributed by atoms with Gasteiger partial charge in [0.2, 0.25) is 0 Å². The Morgan fingerprint density at radius 3 is 2.61 bits per heavy atom. The van der Waals surface area contributed by atoms with E-state index >= 15 is 0 Å². The standard InChI is InChI=1S/C12H8Cl2N2O2/c13-6-1-2-10(14)7(3-6)9-5-16-11(15)4-8(9)12(17)18/h1-5H,(H2,15,16)(H,17,18). The molecular formula is C12H8Cl2N2O2. The quantitative estimate of drug-likeness (QED) is 0.886. The molecule has 0 fully saturated rings. The molecule has 0 amide bonds. The fourth-order valence-electron chi connectivity index (χ4n) is 1.57. The summed E-state index contributed by atoms with van der Waals surface area (Å²) in [6.07, 6.45) is 1.37. The number of nitrogens with two attached hydrogens (primary N) is 1. The third-order valence-electron chi connectivity index (χ3n) is 2.37. The molecule has 0 unspecified atom stereocenters. The first-order valence-electron chi connectivity index (χ1n) is 4.93. The van der Waals surface area contributed by atoms with E-state index in [0.717, 1.165) is 0 Å². The number of hydrogen-bond acceptors (Lipinski definition) is 3. The molecule has 0 aliphatic rings. The summed E-state index contributed by atoms with van der Waals surface area (Å²) in [4.78, 5) is 15.1. The fourth-order valence-corrected chi connectivity index (χ4v) is 1.96. The molecule has 0 bridgehead atoms. The van der Waals surface area contributed by atoms with E-state index < -0.39 is 5.97 Å². The molecule has 0 saturated carbocycles. The van der Waals surface area contributed by atoms with Crippen LogP contribution in [0, 0.1) is 0 Å². The van der Waals surface area contributed by atoms with Crippen molar-refractivity contribution < 1.29 is 9.90 Å². The van der Waals surface area contributed by atoms with Crippen LogP contribution in [0.5, 0.6) is 0 Å². The molecule has 4 nitrogen and oxygen atoms in total. The van der Waals surface area contributed by atoms with Gasteiger partial charge in [-0.2, -0.15) is 0 Å².